The fraction of sp³-hybridized carbons (Fsp3) is 0.471. The summed E-state index contributed by atoms with van der Waals surface area (Å²) >= 11 is 0. The lowest BCUT2D eigenvalue weighted by Crippen LogP contribution is -2.41. The number of ether oxygens (including phenoxy) is 1. The molecule has 1 fully saturated rings. The Labute approximate surface area is 152 Å². The molecule has 2 heterocycles. The number of rotatable bonds is 3. The molecule has 146 valence electrons. The van der Waals surface area contributed by atoms with Crippen molar-refractivity contribution < 1.29 is 22.7 Å². The Kier molecular flexibility index (Phi) is 4.99. The Bertz CT molecular complexity index is 896. The Morgan fingerprint density at radius 1 is 1.22 bits per heavy atom. The van der Waals surface area contributed by atoms with Crippen molar-refractivity contribution >= 4 is 5.91 Å². The zero-order valence-electron chi connectivity index (χ0n) is 14.9. The van der Waals surface area contributed by atoms with Crippen LogP contribution in [0, 0.1) is 0 Å². The number of hydrogen-bond donors (Lipinski definition) is 0. The van der Waals surface area contributed by atoms with Crippen LogP contribution < -0.4 is 10.4 Å². The topological polar surface area (TPSA) is 69.4 Å². The molecule has 1 aliphatic heterocycles. The first kappa shape index (κ1) is 19.0. The van der Waals surface area contributed by atoms with Crippen LogP contribution in [0.15, 0.2) is 29.1 Å². The van der Waals surface area contributed by atoms with Crippen molar-refractivity contribution in [2.75, 3.05) is 20.2 Å². The van der Waals surface area contributed by atoms with Crippen molar-refractivity contribution in [2.24, 2.45) is 7.05 Å². The third-order valence-corrected chi connectivity index (χ3v) is 4.69. The Morgan fingerprint density at radius 2 is 1.85 bits per heavy atom. The molecule has 1 aromatic carbocycles. The minimum atomic E-state index is -4.69. The van der Waals surface area contributed by atoms with Gasteiger partial charge in [-0.15, -0.1) is 5.10 Å². The predicted molar refractivity (Wildman–Crippen MR) is 89.6 cm³/mol. The molecule has 3 rings (SSSR count). The molecule has 0 aliphatic carbocycles. The van der Waals surface area contributed by atoms with Crippen molar-refractivity contribution in [1.29, 1.82) is 0 Å². The molecule has 0 radical (unpaired) electrons. The quantitative estimate of drug-likeness (QED) is 0.813. The molecular weight excluding hydrogens is 365 g/mol. The highest BCUT2D eigenvalue weighted by Crippen LogP contribution is 2.29. The van der Waals surface area contributed by atoms with Crippen molar-refractivity contribution in [3.8, 4) is 5.75 Å². The number of piperidine rings is 1. The maximum Gasteiger partial charge on any atom is 0.451 e. The highest BCUT2D eigenvalue weighted by atomic mass is 19.4. The number of carbonyl (C=O) groups excluding carboxylic acids is 1. The van der Waals surface area contributed by atoms with E-state index in [-0.39, 0.29) is 5.91 Å². The van der Waals surface area contributed by atoms with Gasteiger partial charge in [-0.3, -0.25) is 9.36 Å². The first-order chi connectivity index (χ1) is 12.7. The van der Waals surface area contributed by atoms with Gasteiger partial charge in [-0.25, -0.2) is 9.48 Å². The fourth-order valence-corrected chi connectivity index (χ4v) is 3.25. The average molecular weight is 384 g/mol. The molecule has 0 N–H and O–H groups in total. The SMILES string of the molecule is COc1ccccc1C(=O)N1CCC(n2nc(C(F)(F)F)n(C)c2=O)CC1. The second-order valence-electron chi connectivity index (χ2n) is 6.33. The zero-order chi connectivity index (χ0) is 19.8. The van der Waals surface area contributed by atoms with E-state index < -0.39 is 23.7 Å². The average Bonchev–Trinajstić information content (AvgIpc) is 2.96. The molecular formula is C17H19F3N4O3. The van der Waals surface area contributed by atoms with Gasteiger partial charge in [0.25, 0.3) is 5.91 Å². The summed E-state index contributed by atoms with van der Waals surface area (Å²) in [4.78, 5) is 26.4. The summed E-state index contributed by atoms with van der Waals surface area (Å²) in [6, 6.07) is 6.35. The zero-order valence-corrected chi connectivity index (χ0v) is 14.9. The summed E-state index contributed by atoms with van der Waals surface area (Å²) < 4.78 is 45.4. The number of benzene rings is 1. The molecule has 1 saturated heterocycles. The van der Waals surface area contributed by atoms with Crippen LogP contribution in [0.5, 0.6) is 5.75 Å². The smallest absolute Gasteiger partial charge is 0.451 e. The molecule has 1 aromatic heterocycles. The van der Waals surface area contributed by atoms with Gasteiger partial charge >= 0.3 is 11.9 Å². The number of likely N-dealkylation sites (tertiary alicyclic amines) is 1. The van der Waals surface area contributed by atoms with Gasteiger partial charge in [0, 0.05) is 20.1 Å². The number of nitrogens with zero attached hydrogens (tertiary/aromatic N) is 4. The lowest BCUT2D eigenvalue weighted by molar-refractivity contribution is -0.147. The Morgan fingerprint density at radius 3 is 2.41 bits per heavy atom. The number of para-hydroxylation sites is 1. The third-order valence-electron chi connectivity index (χ3n) is 4.69. The number of alkyl halides is 3. The summed E-state index contributed by atoms with van der Waals surface area (Å²) in [5, 5.41) is 3.48. The molecule has 2 aromatic rings. The molecule has 7 nitrogen and oxygen atoms in total. The van der Waals surface area contributed by atoms with Gasteiger partial charge in [0.1, 0.15) is 5.75 Å². The number of hydrogen-bond acceptors (Lipinski definition) is 4. The van der Waals surface area contributed by atoms with Crippen LogP contribution in [-0.2, 0) is 13.2 Å². The summed E-state index contributed by atoms with van der Waals surface area (Å²) in [6.07, 6.45) is -4.01. The summed E-state index contributed by atoms with van der Waals surface area (Å²) in [7, 11) is 2.53. The number of amides is 1. The largest absolute Gasteiger partial charge is 0.496 e. The number of aromatic nitrogens is 3. The van der Waals surface area contributed by atoms with Crippen molar-refractivity contribution in [1.82, 2.24) is 19.2 Å². The van der Waals surface area contributed by atoms with Gasteiger partial charge in [-0.2, -0.15) is 13.2 Å². The first-order valence-electron chi connectivity index (χ1n) is 8.39. The van der Waals surface area contributed by atoms with E-state index in [1.54, 1.807) is 29.2 Å². The number of methoxy groups -OCH3 is 1. The Hall–Kier alpha value is -2.78. The molecule has 27 heavy (non-hydrogen) atoms. The van der Waals surface area contributed by atoms with E-state index in [1.165, 1.54) is 7.11 Å². The summed E-state index contributed by atoms with van der Waals surface area (Å²) in [5.74, 6) is -0.976. The van der Waals surface area contributed by atoms with Crippen LogP contribution in [-0.4, -0.2) is 45.4 Å². The fourth-order valence-electron chi connectivity index (χ4n) is 3.25. The van der Waals surface area contributed by atoms with Crippen LogP contribution >= 0.6 is 0 Å². The van der Waals surface area contributed by atoms with Crippen LogP contribution in [0.4, 0.5) is 13.2 Å². The number of carbonyl (C=O) groups is 1. The van der Waals surface area contributed by atoms with Gasteiger partial charge in [0.2, 0.25) is 5.82 Å². The van der Waals surface area contributed by atoms with Gasteiger partial charge < -0.3 is 9.64 Å². The molecule has 1 aliphatic rings. The molecule has 0 unspecified atom stereocenters. The van der Waals surface area contributed by atoms with E-state index in [4.69, 9.17) is 4.74 Å². The van der Waals surface area contributed by atoms with E-state index in [0.29, 0.717) is 41.8 Å². The van der Waals surface area contributed by atoms with Gasteiger partial charge in [-0.05, 0) is 25.0 Å². The van der Waals surface area contributed by atoms with Crippen molar-refractivity contribution in [2.45, 2.75) is 25.1 Å². The first-order valence-corrected chi connectivity index (χ1v) is 8.39. The third kappa shape index (κ3) is 3.56. The van der Waals surface area contributed by atoms with E-state index in [2.05, 4.69) is 5.10 Å². The standard InChI is InChI=1S/C17H19F3N4O3/c1-22-15(17(18,19)20)21-24(16(22)26)11-7-9-23(10-8-11)14(25)12-5-3-4-6-13(12)27-2/h3-6,11H,7-10H2,1-2H3. The molecule has 1 amide bonds. The highest BCUT2D eigenvalue weighted by Gasteiger charge is 2.39. The minimum absolute atomic E-state index is 0.213. The molecule has 0 saturated carbocycles. The van der Waals surface area contributed by atoms with E-state index in [0.717, 1.165) is 11.7 Å². The second-order valence-corrected chi connectivity index (χ2v) is 6.33. The van der Waals surface area contributed by atoms with Crippen LogP contribution in [0.3, 0.4) is 0 Å². The lowest BCUT2D eigenvalue weighted by atomic mass is 10.0. The summed E-state index contributed by atoms with van der Waals surface area (Å²) in [5.41, 5.74) is -0.385. The molecule has 10 heteroatoms. The van der Waals surface area contributed by atoms with Gasteiger partial charge in [0.15, 0.2) is 0 Å². The van der Waals surface area contributed by atoms with E-state index in [1.807, 2.05) is 0 Å². The number of halogens is 3. The molecule has 0 spiro atoms. The maximum absolute atomic E-state index is 12.9. The van der Waals surface area contributed by atoms with Crippen LogP contribution in [0.1, 0.15) is 35.1 Å². The minimum Gasteiger partial charge on any atom is -0.496 e. The van der Waals surface area contributed by atoms with E-state index >= 15 is 0 Å². The monoisotopic (exact) mass is 384 g/mol. The normalized spacial score (nSPS) is 15.8. The molecule has 0 atom stereocenters. The maximum atomic E-state index is 12.9. The Balaban J connectivity index is 1.75. The van der Waals surface area contributed by atoms with Crippen LogP contribution in [0.25, 0.3) is 0 Å². The predicted octanol–water partition coefficient (Wildman–Crippen LogP) is 2.09. The second kappa shape index (κ2) is 7.09. The van der Waals surface area contributed by atoms with E-state index in [9.17, 15) is 22.8 Å². The highest BCUT2D eigenvalue weighted by molar-refractivity contribution is 5.97. The van der Waals surface area contributed by atoms with Crippen LogP contribution in [0.2, 0.25) is 0 Å². The molecule has 0 bridgehead atoms. The van der Waals surface area contributed by atoms with Gasteiger partial charge in [0.05, 0.1) is 18.7 Å². The van der Waals surface area contributed by atoms with Crippen molar-refractivity contribution in [3.05, 3.63) is 46.1 Å². The summed E-state index contributed by atoms with van der Waals surface area (Å²) in [6.45, 7) is 0.623. The van der Waals surface area contributed by atoms with Crippen molar-refractivity contribution in [3.63, 3.8) is 0 Å². The lowest BCUT2D eigenvalue weighted by Gasteiger charge is -2.32. The van der Waals surface area contributed by atoms with Gasteiger partial charge in [-0.1, -0.05) is 12.1 Å².